The first-order valence-electron chi connectivity index (χ1n) is 26.2. The summed E-state index contributed by atoms with van der Waals surface area (Å²) in [5.41, 5.74) is 0. The lowest BCUT2D eigenvalue weighted by Gasteiger charge is -2.18. The molecule has 0 aromatic heterocycles. The Hall–Kier alpha value is -1.59. The SMILES string of the molecule is CCCCCCCCCCCC(=O)O[C@H](COC(=O)CCCCCCCCCCCCCCCCCCC(C)C)COC(=O)CCCCCCCCCCCCC(C)C. The van der Waals surface area contributed by atoms with Crippen LogP contribution in [-0.4, -0.2) is 37.2 Å². The summed E-state index contributed by atoms with van der Waals surface area (Å²) in [6.07, 6.45) is 46.7. The first-order valence-corrected chi connectivity index (χ1v) is 26.2. The van der Waals surface area contributed by atoms with E-state index in [2.05, 4.69) is 34.6 Å². The van der Waals surface area contributed by atoms with Gasteiger partial charge in [-0.1, -0.05) is 253 Å². The summed E-state index contributed by atoms with van der Waals surface area (Å²) in [5.74, 6) is 0.821. The molecule has 0 radical (unpaired) electrons. The van der Waals surface area contributed by atoms with E-state index >= 15 is 0 Å². The van der Waals surface area contributed by atoms with Gasteiger partial charge in [-0.15, -0.1) is 0 Å². The standard InChI is InChI=1S/C53H102O6/c1-6-7-8-9-10-21-30-35-40-45-53(56)59-50(47-58-52(55)44-39-34-29-25-20-19-23-27-32-37-42-49(4)5)46-57-51(54)43-38-33-28-24-18-16-14-12-11-13-15-17-22-26-31-36-41-48(2)3/h48-50H,6-47H2,1-5H3/t50-/m1/s1. The molecule has 0 saturated heterocycles. The Kier molecular flexibility index (Phi) is 44.7. The Morgan fingerprint density at radius 2 is 0.559 bits per heavy atom. The first-order chi connectivity index (χ1) is 28.7. The summed E-state index contributed by atoms with van der Waals surface area (Å²) in [4.78, 5) is 37.9. The van der Waals surface area contributed by atoms with E-state index in [1.807, 2.05) is 0 Å². The Morgan fingerprint density at radius 3 is 0.831 bits per heavy atom. The molecule has 0 aliphatic heterocycles. The van der Waals surface area contributed by atoms with Crippen molar-refractivity contribution in [1.29, 1.82) is 0 Å². The van der Waals surface area contributed by atoms with Gasteiger partial charge in [0.1, 0.15) is 13.2 Å². The number of carbonyl (C=O) groups excluding carboxylic acids is 3. The molecule has 0 heterocycles. The summed E-state index contributed by atoms with van der Waals surface area (Å²) in [7, 11) is 0. The molecule has 0 saturated carbocycles. The second-order valence-electron chi connectivity index (χ2n) is 19.1. The summed E-state index contributed by atoms with van der Waals surface area (Å²) in [6, 6.07) is 0. The normalized spacial score (nSPS) is 12.1. The smallest absolute Gasteiger partial charge is 0.306 e. The van der Waals surface area contributed by atoms with Crippen molar-refractivity contribution in [3.8, 4) is 0 Å². The highest BCUT2D eigenvalue weighted by Crippen LogP contribution is 2.17. The van der Waals surface area contributed by atoms with E-state index in [4.69, 9.17) is 14.2 Å². The van der Waals surface area contributed by atoms with Crippen LogP contribution in [0.5, 0.6) is 0 Å². The van der Waals surface area contributed by atoms with Crippen LogP contribution in [0.25, 0.3) is 0 Å². The molecule has 6 nitrogen and oxygen atoms in total. The first kappa shape index (κ1) is 57.4. The maximum atomic E-state index is 12.7. The minimum Gasteiger partial charge on any atom is -0.462 e. The van der Waals surface area contributed by atoms with Crippen molar-refractivity contribution in [3.63, 3.8) is 0 Å². The van der Waals surface area contributed by atoms with E-state index in [-0.39, 0.29) is 31.1 Å². The molecule has 0 spiro atoms. The molecule has 0 fully saturated rings. The van der Waals surface area contributed by atoms with Crippen LogP contribution in [-0.2, 0) is 28.6 Å². The van der Waals surface area contributed by atoms with Crippen molar-refractivity contribution >= 4 is 17.9 Å². The van der Waals surface area contributed by atoms with E-state index in [0.717, 1.165) is 69.6 Å². The lowest BCUT2D eigenvalue weighted by atomic mass is 10.0. The number of ether oxygens (including phenoxy) is 3. The Morgan fingerprint density at radius 1 is 0.322 bits per heavy atom. The van der Waals surface area contributed by atoms with Gasteiger partial charge < -0.3 is 14.2 Å². The van der Waals surface area contributed by atoms with Crippen LogP contribution in [0.2, 0.25) is 0 Å². The molecule has 0 aromatic rings. The number of hydrogen-bond acceptors (Lipinski definition) is 6. The number of carbonyl (C=O) groups is 3. The number of esters is 3. The highest BCUT2D eigenvalue weighted by molar-refractivity contribution is 5.71. The van der Waals surface area contributed by atoms with Gasteiger partial charge in [-0.3, -0.25) is 14.4 Å². The maximum absolute atomic E-state index is 12.7. The molecule has 0 unspecified atom stereocenters. The lowest BCUT2D eigenvalue weighted by molar-refractivity contribution is -0.167. The van der Waals surface area contributed by atoms with Gasteiger partial charge in [-0.25, -0.2) is 0 Å². The van der Waals surface area contributed by atoms with Gasteiger partial charge in [0.2, 0.25) is 0 Å². The van der Waals surface area contributed by atoms with Gasteiger partial charge in [0.15, 0.2) is 6.10 Å². The molecular formula is C53H102O6. The maximum Gasteiger partial charge on any atom is 0.306 e. The van der Waals surface area contributed by atoms with E-state index in [1.165, 1.54) is 180 Å². The fourth-order valence-corrected chi connectivity index (χ4v) is 7.99. The van der Waals surface area contributed by atoms with Crippen LogP contribution in [0.4, 0.5) is 0 Å². The highest BCUT2D eigenvalue weighted by atomic mass is 16.6. The third-order valence-electron chi connectivity index (χ3n) is 12.0. The van der Waals surface area contributed by atoms with Crippen LogP contribution in [0.1, 0.15) is 291 Å². The quantitative estimate of drug-likeness (QED) is 0.0345. The predicted octanol–water partition coefficient (Wildman–Crippen LogP) is 16.9. The molecule has 0 N–H and O–H groups in total. The third kappa shape index (κ3) is 47.3. The molecule has 59 heavy (non-hydrogen) atoms. The minimum absolute atomic E-state index is 0.0637. The van der Waals surface area contributed by atoms with Gasteiger partial charge >= 0.3 is 17.9 Å². The second kappa shape index (κ2) is 45.9. The number of rotatable bonds is 47. The monoisotopic (exact) mass is 835 g/mol. The van der Waals surface area contributed by atoms with Gasteiger partial charge in [-0.05, 0) is 31.1 Å². The zero-order valence-corrected chi connectivity index (χ0v) is 40.4. The largest absolute Gasteiger partial charge is 0.462 e. The van der Waals surface area contributed by atoms with Crippen molar-refractivity contribution < 1.29 is 28.6 Å². The number of unbranched alkanes of at least 4 members (excludes halogenated alkanes) is 32. The van der Waals surface area contributed by atoms with Crippen molar-refractivity contribution in [1.82, 2.24) is 0 Å². The lowest BCUT2D eigenvalue weighted by Crippen LogP contribution is -2.30. The van der Waals surface area contributed by atoms with E-state index in [0.29, 0.717) is 19.3 Å². The minimum atomic E-state index is -0.760. The number of hydrogen-bond donors (Lipinski definition) is 0. The zero-order chi connectivity index (χ0) is 43.3. The van der Waals surface area contributed by atoms with Crippen molar-refractivity contribution in [2.45, 2.75) is 298 Å². The van der Waals surface area contributed by atoms with Crippen LogP contribution >= 0.6 is 0 Å². The average molecular weight is 835 g/mol. The van der Waals surface area contributed by atoms with Crippen LogP contribution in [0.15, 0.2) is 0 Å². The van der Waals surface area contributed by atoms with Crippen molar-refractivity contribution in [2.24, 2.45) is 11.8 Å². The Balaban J connectivity index is 4.20. The van der Waals surface area contributed by atoms with E-state index < -0.39 is 6.10 Å². The molecule has 6 heteroatoms. The fraction of sp³-hybridized carbons (Fsp3) is 0.943. The third-order valence-corrected chi connectivity index (χ3v) is 12.0. The molecule has 0 amide bonds. The average Bonchev–Trinajstić information content (AvgIpc) is 3.20. The van der Waals surface area contributed by atoms with E-state index in [1.54, 1.807) is 0 Å². The van der Waals surface area contributed by atoms with Gasteiger partial charge in [-0.2, -0.15) is 0 Å². The van der Waals surface area contributed by atoms with Crippen LogP contribution in [0.3, 0.4) is 0 Å². The fourth-order valence-electron chi connectivity index (χ4n) is 7.99. The highest BCUT2D eigenvalue weighted by Gasteiger charge is 2.19. The topological polar surface area (TPSA) is 78.9 Å². The van der Waals surface area contributed by atoms with Crippen LogP contribution in [0, 0.1) is 11.8 Å². The molecular weight excluding hydrogens is 733 g/mol. The molecule has 0 bridgehead atoms. The molecule has 0 rings (SSSR count). The Bertz CT molecular complexity index is 900. The zero-order valence-electron chi connectivity index (χ0n) is 40.4. The molecule has 0 aliphatic carbocycles. The summed E-state index contributed by atoms with van der Waals surface area (Å²) in [5, 5.41) is 0. The van der Waals surface area contributed by atoms with Crippen molar-refractivity contribution in [3.05, 3.63) is 0 Å². The van der Waals surface area contributed by atoms with Gasteiger partial charge in [0, 0.05) is 19.3 Å². The second-order valence-corrected chi connectivity index (χ2v) is 19.1. The molecule has 1 atom stereocenters. The van der Waals surface area contributed by atoms with Crippen molar-refractivity contribution in [2.75, 3.05) is 13.2 Å². The van der Waals surface area contributed by atoms with Gasteiger partial charge in [0.25, 0.3) is 0 Å². The van der Waals surface area contributed by atoms with Gasteiger partial charge in [0.05, 0.1) is 0 Å². The summed E-state index contributed by atoms with van der Waals surface area (Å²) >= 11 is 0. The Labute approximate surface area is 368 Å². The van der Waals surface area contributed by atoms with Crippen LogP contribution < -0.4 is 0 Å². The van der Waals surface area contributed by atoms with E-state index in [9.17, 15) is 14.4 Å². The summed E-state index contributed by atoms with van der Waals surface area (Å²) in [6.45, 7) is 11.4. The summed E-state index contributed by atoms with van der Waals surface area (Å²) < 4.78 is 16.8. The predicted molar refractivity (Wildman–Crippen MR) is 252 cm³/mol. The molecule has 350 valence electrons. The molecule has 0 aromatic carbocycles. The molecule has 0 aliphatic rings.